The average molecular weight is 539 g/mol. The molecule has 0 radical (unpaired) electrons. The maximum absolute atomic E-state index is 13.7. The average Bonchev–Trinajstić information content (AvgIpc) is 3.37. The van der Waals surface area contributed by atoms with Gasteiger partial charge in [-0.1, -0.05) is 39.4 Å². The summed E-state index contributed by atoms with van der Waals surface area (Å²) < 4.78 is 20.3. The highest BCUT2D eigenvalue weighted by Gasteiger charge is 2.48. The predicted molar refractivity (Wildman–Crippen MR) is 131 cm³/mol. The highest BCUT2D eigenvalue weighted by molar-refractivity contribution is 9.10. The molecule has 170 valence electrons. The summed E-state index contributed by atoms with van der Waals surface area (Å²) in [6.07, 6.45) is 0. The van der Waals surface area contributed by atoms with Gasteiger partial charge in [0, 0.05) is 10.0 Å². The van der Waals surface area contributed by atoms with Crippen LogP contribution in [0.4, 0.5) is 9.52 Å². The lowest BCUT2D eigenvalue weighted by atomic mass is 9.95. The monoisotopic (exact) mass is 538 g/mol. The van der Waals surface area contributed by atoms with Crippen LogP contribution in [0.2, 0.25) is 0 Å². The number of benzene rings is 3. The molecule has 34 heavy (non-hydrogen) atoms. The molecule has 1 amide bonds. The van der Waals surface area contributed by atoms with E-state index in [-0.39, 0.29) is 16.5 Å². The van der Waals surface area contributed by atoms with E-state index >= 15 is 0 Å². The standard InChI is InChI=1S/C25H16BrFN2O4S/c1-33-17-9-4-14(5-10-17)22(30)20-21(13-2-6-15(26)7-3-13)29(24(32)23(20)31)25-28-18-11-8-16(27)12-19(18)34-25/h2-12,21,30H,1H3/b22-20+/t21-/m1/s1. The molecule has 0 bridgehead atoms. The topological polar surface area (TPSA) is 79.7 Å². The van der Waals surface area contributed by atoms with Crippen molar-refractivity contribution in [2.75, 3.05) is 12.0 Å². The first kappa shape index (κ1) is 22.2. The Labute approximate surface area is 206 Å². The fraction of sp³-hybridized carbons (Fsp3) is 0.0800. The molecule has 6 nitrogen and oxygen atoms in total. The van der Waals surface area contributed by atoms with Crippen molar-refractivity contribution < 1.29 is 23.8 Å². The number of hydrogen-bond acceptors (Lipinski definition) is 6. The Morgan fingerprint density at radius 3 is 2.47 bits per heavy atom. The van der Waals surface area contributed by atoms with E-state index in [2.05, 4.69) is 20.9 Å². The number of aliphatic hydroxyl groups is 1. The van der Waals surface area contributed by atoms with Crippen LogP contribution in [-0.2, 0) is 9.59 Å². The molecule has 0 saturated carbocycles. The number of thiazole rings is 1. The van der Waals surface area contributed by atoms with E-state index in [0.29, 0.717) is 27.1 Å². The fourth-order valence-corrected chi connectivity index (χ4v) is 5.17. The van der Waals surface area contributed by atoms with Gasteiger partial charge in [0.25, 0.3) is 5.78 Å². The second kappa shape index (κ2) is 8.66. The molecule has 2 heterocycles. The molecule has 5 rings (SSSR count). The Morgan fingerprint density at radius 2 is 1.79 bits per heavy atom. The number of aliphatic hydroxyl groups excluding tert-OH is 1. The number of carbonyl (C=O) groups is 2. The first-order valence-corrected chi connectivity index (χ1v) is 11.8. The zero-order chi connectivity index (χ0) is 24.0. The number of ether oxygens (including phenoxy) is 1. The van der Waals surface area contributed by atoms with Gasteiger partial charge in [0.1, 0.15) is 17.3 Å². The normalized spacial score (nSPS) is 17.5. The molecule has 1 atom stereocenters. The Morgan fingerprint density at radius 1 is 1.09 bits per heavy atom. The minimum atomic E-state index is -0.916. The number of amides is 1. The van der Waals surface area contributed by atoms with Gasteiger partial charge in [-0.25, -0.2) is 9.37 Å². The minimum absolute atomic E-state index is 0.0528. The molecule has 9 heteroatoms. The zero-order valence-electron chi connectivity index (χ0n) is 17.7. The van der Waals surface area contributed by atoms with Gasteiger partial charge in [-0.05, 0) is 60.2 Å². The van der Waals surface area contributed by atoms with Crippen molar-refractivity contribution in [3.8, 4) is 5.75 Å². The molecule has 1 saturated heterocycles. The van der Waals surface area contributed by atoms with Crippen LogP contribution in [0.1, 0.15) is 17.2 Å². The highest BCUT2D eigenvalue weighted by atomic mass is 79.9. The molecule has 1 aliphatic rings. The van der Waals surface area contributed by atoms with E-state index in [1.165, 1.54) is 30.2 Å². The Balaban J connectivity index is 1.71. The molecule has 0 unspecified atom stereocenters. The van der Waals surface area contributed by atoms with E-state index in [0.717, 1.165) is 15.8 Å². The van der Waals surface area contributed by atoms with Crippen LogP contribution in [0.25, 0.3) is 16.0 Å². The van der Waals surface area contributed by atoms with Crippen molar-refractivity contribution in [1.29, 1.82) is 0 Å². The number of nitrogens with zero attached hydrogens (tertiary/aromatic N) is 2. The maximum atomic E-state index is 13.7. The number of ketones is 1. The number of carbonyl (C=O) groups excluding carboxylic acids is 2. The van der Waals surface area contributed by atoms with Gasteiger partial charge in [-0.15, -0.1) is 0 Å². The predicted octanol–water partition coefficient (Wildman–Crippen LogP) is 5.83. The molecule has 1 aromatic heterocycles. The summed E-state index contributed by atoms with van der Waals surface area (Å²) in [6.45, 7) is 0. The third-order valence-corrected chi connectivity index (χ3v) is 7.09. The van der Waals surface area contributed by atoms with Gasteiger partial charge in [0.05, 0.1) is 28.9 Å². The molecule has 4 aromatic rings. The number of halogens is 2. The van der Waals surface area contributed by atoms with Gasteiger partial charge >= 0.3 is 5.91 Å². The molecule has 3 aromatic carbocycles. The third-order valence-electron chi connectivity index (χ3n) is 5.54. The van der Waals surface area contributed by atoms with Crippen molar-refractivity contribution in [3.63, 3.8) is 0 Å². The smallest absolute Gasteiger partial charge is 0.301 e. The first-order chi connectivity index (χ1) is 16.4. The molecule has 0 aliphatic carbocycles. The second-order valence-corrected chi connectivity index (χ2v) is 9.48. The Hall–Kier alpha value is -3.56. The molecule has 1 aliphatic heterocycles. The van der Waals surface area contributed by atoms with Crippen molar-refractivity contribution in [2.45, 2.75) is 6.04 Å². The van der Waals surface area contributed by atoms with Crippen molar-refractivity contribution in [1.82, 2.24) is 4.98 Å². The van der Waals surface area contributed by atoms with E-state index < -0.39 is 23.5 Å². The van der Waals surface area contributed by atoms with Crippen LogP contribution in [0.15, 0.2) is 76.8 Å². The first-order valence-electron chi connectivity index (χ1n) is 10.1. The van der Waals surface area contributed by atoms with Gasteiger partial charge in [0.15, 0.2) is 5.13 Å². The van der Waals surface area contributed by atoms with Crippen LogP contribution in [0.3, 0.4) is 0 Å². The Kier molecular flexibility index (Phi) is 5.66. The SMILES string of the molecule is COc1ccc(/C(O)=C2\C(=O)C(=O)N(c3nc4ccc(F)cc4s3)[C@@H]2c2ccc(Br)cc2)cc1. The van der Waals surface area contributed by atoms with Gasteiger partial charge in [0.2, 0.25) is 0 Å². The number of methoxy groups -OCH3 is 1. The number of hydrogen-bond donors (Lipinski definition) is 1. The highest BCUT2D eigenvalue weighted by Crippen LogP contribution is 2.44. The molecular weight excluding hydrogens is 523 g/mol. The van der Waals surface area contributed by atoms with Crippen molar-refractivity contribution in [3.05, 3.63) is 93.7 Å². The summed E-state index contributed by atoms with van der Waals surface area (Å²) >= 11 is 4.50. The van der Waals surface area contributed by atoms with E-state index in [4.69, 9.17) is 4.74 Å². The summed E-state index contributed by atoms with van der Waals surface area (Å²) in [7, 11) is 1.53. The quantitative estimate of drug-likeness (QED) is 0.201. The van der Waals surface area contributed by atoms with E-state index in [1.807, 2.05) is 0 Å². The molecule has 1 N–H and O–H groups in total. The second-order valence-electron chi connectivity index (χ2n) is 7.56. The lowest BCUT2D eigenvalue weighted by molar-refractivity contribution is -0.132. The fourth-order valence-electron chi connectivity index (χ4n) is 3.88. The van der Waals surface area contributed by atoms with Crippen LogP contribution < -0.4 is 9.64 Å². The molecule has 1 fully saturated rings. The third kappa shape index (κ3) is 3.76. The zero-order valence-corrected chi connectivity index (χ0v) is 20.1. The van der Waals surface area contributed by atoms with Gasteiger partial charge in [-0.2, -0.15) is 0 Å². The Bertz CT molecular complexity index is 1460. The summed E-state index contributed by atoms with van der Waals surface area (Å²) in [4.78, 5) is 32.2. The number of aromatic nitrogens is 1. The summed E-state index contributed by atoms with van der Waals surface area (Å²) in [5.41, 5.74) is 1.44. The largest absolute Gasteiger partial charge is 0.507 e. The van der Waals surface area contributed by atoms with Crippen molar-refractivity contribution in [2.24, 2.45) is 0 Å². The van der Waals surface area contributed by atoms with Gasteiger partial charge < -0.3 is 9.84 Å². The molecular formula is C25H16BrFN2O4S. The number of rotatable bonds is 4. The maximum Gasteiger partial charge on any atom is 0.301 e. The van der Waals surface area contributed by atoms with Gasteiger partial charge in [-0.3, -0.25) is 14.5 Å². The minimum Gasteiger partial charge on any atom is -0.507 e. The van der Waals surface area contributed by atoms with Crippen LogP contribution in [0, 0.1) is 5.82 Å². The number of anilines is 1. The lowest BCUT2D eigenvalue weighted by Gasteiger charge is -2.23. The van der Waals surface area contributed by atoms with Crippen LogP contribution >= 0.6 is 27.3 Å². The number of Topliss-reactive ketones (excluding diaryl/α,β-unsaturated/α-hetero) is 1. The molecule has 0 spiro atoms. The van der Waals surface area contributed by atoms with Crippen LogP contribution in [0.5, 0.6) is 5.75 Å². The van der Waals surface area contributed by atoms with E-state index in [1.54, 1.807) is 48.5 Å². The number of fused-ring (bicyclic) bond motifs is 1. The van der Waals surface area contributed by atoms with E-state index in [9.17, 15) is 19.1 Å². The summed E-state index contributed by atoms with van der Waals surface area (Å²) in [5.74, 6) is -1.78. The van der Waals surface area contributed by atoms with Crippen molar-refractivity contribution >= 4 is 60.1 Å². The van der Waals surface area contributed by atoms with Crippen LogP contribution in [-0.4, -0.2) is 28.9 Å². The summed E-state index contributed by atoms with van der Waals surface area (Å²) in [5, 5.41) is 11.4. The summed E-state index contributed by atoms with van der Waals surface area (Å²) in [6, 6.07) is 16.9. The lowest BCUT2D eigenvalue weighted by Crippen LogP contribution is -2.29.